The van der Waals surface area contributed by atoms with Crippen molar-refractivity contribution in [1.29, 1.82) is 0 Å². The molecule has 0 radical (unpaired) electrons. The quantitative estimate of drug-likeness (QED) is 0.667. The monoisotopic (exact) mass is 435 g/mol. The number of piperazine rings is 1. The summed E-state index contributed by atoms with van der Waals surface area (Å²) in [6.07, 6.45) is 0. The third kappa shape index (κ3) is 4.21. The molecule has 2 heterocycles. The summed E-state index contributed by atoms with van der Waals surface area (Å²) in [4.78, 5) is 54.4. The molecule has 0 bridgehead atoms. The lowest BCUT2D eigenvalue weighted by atomic mass is 10.1. The van der Waals surface area contributed by atoms with Crippen molar-refractivity contribution in [3.8, 4) is 5.75 Å². The Hall–Kier alpha value is -3.68. The van der Waals surface area contributed by atoms with Gasteiger partial charge >= 0.3 is 0 Å². The van der Waals surface area contributed by atoms with E-state index < -0.39 is 11.8 Å². The summed E-state index contributed by atoms with van der Waals surface area (Å²) < 4.78 is 5.67. The van der Waals surface area contributed by atoms with Crippen LogP contribution in [0, 0.1) is 13.8 Å². The first-order valence-corrected chi connectivity index (χ1v) is 10.6. The fourth-order valence-electron chi connectivity index (χ4n) is 4.02. The molecule has 8 heteroatoms. The van der Waals surface area contributed by atoms with Crippen LogP contribution in [0.5, 0.6) is 5.75 Å². The van der Waals surface area contributed by atoms with E-state index in [1.165, 1.54) is 0 Å². The van der Waals surface area contributed by atoms with Gasteiger partial charge in [-0.1, -0.05) is 29.8 Å². The molecule has 0 unspecified atom stereocenters. The van der Waals surface area contributed by atoms with E-state index >= 15 is 0 Å². The summed E-state index contributed by atoms with van der Waals surface area (Å²) in [6, 6.07) is 12.3. The Bertz CT molecular complexity index is 1050. The first-order chi connectivity index (χ1) is 15.3. The maximum absolute atomic E-state index is 12.7. The van der Waals surface area contributed by atoms with Gasteiger partial charge in [0, 0.05) is 26.2 Å². The molecule has 2 aliphatic rings. The molecule has 4 rings (SSSR count). The van der Waals surface area contributed by atoms with Crippen LogP contribution in [-0.2, 0) is 9.59 Å². The summed E-state index contributed by atoms with van der Waals surface area (Å²) in [5, 5.41) is 0. The van der Waals surface area contributed by atoms with Crippen LogP contribution in [0.15, 0.2) is 42.5 Å². The number of ether oxygens (including phenoxy) is 1. The lowest BCUT2D eigenvalue weighted by molar-refractivity contribution is -0.140. The van der Waals surface area contributed by atoms with Crippen molar-refractivity contribution >= 4 is 23.6 Å². The van der Waals surface area contributed by atoms with Gasteiger partial charge < -0.3 is 14.5 Å². The molecule has 2 aromatic carbocycles. The molecule has 2 aliphatic heterocycles. The van der Waals surface area contributed by atoms with Gasteiger partial charge in [-0.15, -0.1) is 0 Å². The highest BCUT2D eigenvalue weighted by Crippen LogP contribution is 2.22. The van der Waals surface area contributed by atoms with E-state index in [0.29, 0.717) is 43.1 Å². The van der Waals surface area contributed by atoms with Crippen molar-refractivity contribution in [1.82, 2.24) is 14.7 Å². The van der Waals surface area contributed by atoms with Gasteiger partial charge in [-0.2, -0.15) is 0 Å². The van der Waals surface area contributed by atoms with Crippen molar-refractivity contribution in [2.75, 3.05) is 39.3 Å². The zero-order valence-corrected chi connectivity index (χ0v) is 18.2. The van der Waals surface area contributed by atoms with Crippen LogP contribution in [0.3, 0.4) is 0 Å². The first kappa shape index (κ1) is 21.5. The Balaban J connectivity index is 1.27. The average molecular weight is 435 g/mol. The van der Waals surface area contributed by atoms with Crippen molar-refractivity contribution in [2.24, 2.45) is 0 Å². The molecule has 0 spiro atoms. The molecule has 1 fully saturated rings. The second-order valence-corrected chi connectivity index (χ2v) is 8.06. The largest absolute Gasteiger partial charge is 0.484 e. The molecule has 2 aromatic rings. The Morgan fingerprint density at radius 2 is 1.41 bits per heavy atom. The average Bonchev–Trinajstić information content (AvgIpc) is 3.03. The maximum Gasteiger partial charge on any atom is 0.262 e. The Morgan fingerprint density at radius 1 is 0.844 bits per heavy atom. The summed E-state index contributed by atoms with van der Waals surface area (Å²) in [6.45, 7) is 5.02. The first-order valence-electron chi connectivity index (χ1n) is 10.6. The summed E-state index contributed by atoms with van der Waals surface area (Å²) >= 11 is 0. The van der Waals surface area contributed by atoms with Crippen LogP contribution in [0.25, 0.3) is 0 Å². The number of carbonyl (C=O) groups excluding carboxylic acids is 4. The van der Waals surface area contributed by atoms with Gasteiger partial charge in [0.25, 0.3) is 17.7 Å². The van der Waals surface area contributed by atoms with Gasteiger partial charge in [0.2, 0.25) is 5.91 Å². The predicted molar refractivity (Wildman–Crippen MR) is 116 cm³/mol. The van der Waals surface area contributed by atoms with E-state index in [1.54, 1.807) is 34.1 Å². The zero-order chi connectivity index (χ0) is 22.8. The zero-order valence-electron chi connectivity index (χ0n) is 18.2. The fraction of sp³-hybridized carbons (Fsp3) is 0.333. The molecular formula is C24H25N3O5. The van der Waals surface area contributed by atoms with E-state index in [0.717, 1.165) is 16.0 Å². The third-order valence-electron chi connectivity index (χ3n) is 5.84. The van der Waals surface area contributed by atoms with Crippen LogP contribution in [-0.4, -0.2) is 77.7 Å². The molecule has 0 aliphatic carbocycles. The minimum atomic E-state index is -0.448. The summed E-state index contributed by atoms with van der Waals surface area (Å²) in [5.74, 6) is -0.665. The topological polar surface area (TPSA) is 87.2 Å². The molecule has 166 valence electrons. The van der Waals surface area contributed by atoms with E-state index in [-0.39, 0.29) is 25.0 Å². The molecule has 0 N–H and O–H groups in total. The van der Waals surface area contributed by atoms with Crippen LogP contribution in [0.4, 0.5) is 0 Å². The van der Waals surface area contributed by atoms with Crippen molar-refractivity contribution < 1.29 is 23.9 Å². The molecule has 0 saturated carbocycles. The number of amides is 4. The number of benzene rings is 2. The number of rotatable bonds is 5. The number of hydrogen-bond acceptors (Lipinski definition) is 5. The van der Waals surface area contributed by atoms with Gasteiger partial charge in [-0.3, -0.25) is 24.1 Å². The predicted octanol–water partition coefficient (Wildman–Crippen LogP) is 1.65. The van der Waals surface area contributed by atoms with E-state index in [9.17, 15) is 19.2 Å². The van der Waals surface area contributed by atoms with Gasteiger partial charge in [0.05, 0.1) is 11.1 Å². The van der Waals surface area contributed by atoms with Crippen LogP contribution >= 0.6 is 0 Å². The van der Waals surface area contributed by atoms with E-state index in [4.69, 9.17) is 4.74 Å². The molecule has 0 atom stereocenters. The highest BCUT2D eigenvalue weighted by molar-refractivity contribution is 6.22. The molecule has 1 saturated heterocycles. The highest BCUT2D eigenvalue weighted by Gasteiger charge is 2.37. The highest BCUT2D eigenvalue weighted by atomic mass is 16.5. The normalized spacial score (nSPS) is 15.8. The van der Waals surface area contributed by atoms with Gasteiger partial charge in [-0.05, 0) is 37.6 Å². The summed E-state index contributed by atoms with van der Waals surface area (Å²) in [5.41, 5.74) is 2.75. The molecule has 0 aromatic heterocycles. The minimum absolute atomic E-state index is 0.0626. The Kier molecular flexibility index (Phi) is 5.94. The van der Waals surface area contributed by atoms with Crippen molar-refractivity contribution in [2.45, 2.75) is 13.8 Å². The fourth-order valence-corrected chi connectivity index (χ4v) is 4.02. The number of imide groups is 1. The number of aryl methyl sites for hydroxylation is 2. The third-order valence-corrected chi connectivity index (χ3v) is 5.84. The molecule has 8 nitrogen and oxygen atoms in total. The molecule has 4 amide bonds. The lowest BCUT2D eigenvalue weighted by Crippen LogP contribution is -2.53. The number of hydrogen-bond donors (Lipinski definition) is 0. The standard InChI is InChI=1S/C24H25N3O5/c1-16-7-8-20(17(2)13-16)32-15-22(29)26-11-9-25(10-12-26)21(28)14-27-23(30)18-5-3-4-6-19(18)24(27)31/h3-8,13H,9-12,14-15H2,1-2H3. The number of nitrogens with zero attached hydrogens (tertiary/aromatic N) is 3. The Morgan fingerprint density at radius 3 is 1.97 bits per heavy atom. The lowest BCUT2D eigenvalue weighted by Gasteiger charge is -2.35. The molecular weight excluding hydrogens is 410 g/mol. The molecule has 32 heavy (non-hydrogen) atoms. The van der Waals surface area contributed by atoms with Crippen molar-refractivity contribution in [3.05, 3.63) is 64.7 Å². The summed E-state index contributed by atoms with van der Waals surface area (Å²) in [7, 11) is 0. The number of fused-ring (bicyclic) bond motifs is 1. The second-order valence-electron chi connectivity index (χ2n) is 8.06. The Labute approximate surface area is 186 Å². The van der Waals surface area contributed by atoms with Crippen LogP contribution in [0.2, 0.25) is 0 Å². The number of carbonyl (C=O) groups is 4. The van der Waals surface area contributed by atoms with Crippen LogP contribution < -0.4 is 4.74 Å². The van der Waals surface area contributed by atoms with E-state index in [1.807, 2.05) is 32.0 Å². The van der Waals surface area contributed by atoms with Gasteiger partial charge in [-0.25, -0.2) is 0 Å². The van der Waals surface area contributed by atoms with Gasteiger partial charge in [0.15, 0.2) is 6.61 Å². The second kappa shape index (κ2) is 8.82. The van der Waals surface area contributed by atoms with Gasteiger partial charge in [0.1, 0.15) is 12.3 Å². The van der Waals surface area contributed by atoms with E-state index in [2.05, 4.69) is 0 Å². The smallest absolute Gasteiger partial charge is 0.262 e. The van der Waals surface area contributed by atoms with Crippen LogP contribution in [0.1, 0.15) is 31.8 Å². The minimum Gasteiger partial charge on any atom is -0.484 e. The SMILES string of the molecule is Cc1ccc(OCC(=O)N2CCN(C(=O)CN3C(=O)c4ccccc4C3=O)CC2)c(C)c1. The van der Waals surface area contributed by atoms with Crippen molar-refractivity contribution in [3.63, 3.8) is 0 Å². The maximum atomic E-state index is 12.7.